The molecule has 0 amide bonds. The van der Waals surface area contributed by atoms with E-state index >= 15 is 0 Å². The van der Waals surface area contributed by atoms with Crippen LogP contribution in [0.4, 0.5) is 0 Å². The molecule has 61 heavy (non-hydrogen) atoms. The number of hydrogen-bond donors (Lipinski definition) is 0. The molecular weight excluding hydrogens is 741 g/mol. The quantitative estimate of drug-likeness (QED) is 0.138. The Bertz CT molecular complexity index is 2990. The highest BCUT2D eigenvalue weighted by Gasteiger charge is 2.26. The van der Waals surface area contributed by atoms with Crippen molar-refractivity contribution < 1.29 is 4.42 Å². The van der Waals surface area contributed by atoms with Crippen molar-refractivity contribution in [3.63, 3.8) is 0 Å². The summed E-state index contributed by atoms with van der Waals surface area (Å²) in [6, 6.07) is 51.3. The molecule has 0 radical (unpaired) electrons. The molecule has 0 aliphatic rings. The molecular formula is C58H58N2O. The number of fused-ring (bicyclic) bond motifs is 4. The molecule has 306 valence electrons. The van der Waals surface area contributed by atoms with Gasteiger partial charge in [0, 0.05) is 10.8 Å². The van der Waals surface area contributed by atoms with Crippen LogP contribution in [0.1, 0.15) is 127 Å². The number of para-hydroxylation sites is 3. The van der Waals surface area contributed by atoms with Gasteiger partial charge in [0.05, 0.1) is 22.3 Å². The van der Waals surface area contributed by atoms with Crippen molar-refractivity contribution in [2.24, 2.45) is 0 Å². The van der Waals surface area contributed by atoms with E-state index in [4.69, 9.17) is 9.40 Å². The number of hydrogen-bond acceptors (Lipinski definition) is 2. The van der Waals surface area contributed by atoms with Gasteiger partial charge in [-0.05, 0) is 133 Å². The van der Waals surface area contributed by atoms with Crippen LogP contribution in [0.25, 0.3) is 83.4 Å². The van der Waals surface area contributed by atoms with E-state index in [0.29, 0.717) is 17.8 Å². The third-order valence-corrected chi connectivity index (χ3v) is 12.7. The predicted molar refractivity (Wildman–Crippen MR) is 261 cm³/mol. The first kappa shape index (κ1) is 40.2. The first-order valence-electron chi connectivity index (χ1n) is 22.3. The summed E-state index contributed by atoms with van der Waals surface area (Å²) in [4.78, 5) is 5.42. The van der Waals surface area contributed by atoms with Gasteiger partial charge < -0.3 is 4.42 Å². The highest BCUT2D eigenvalue weighted by molar-refractivity contribution is 6.10. The Kier molecular flexibility index (Phi) is 10.6. The molecule has 9 aromatic rings. The third kappa shape index (κ3) is 7.18. The van der Waals surface area contributed by atoms with Crippen LogP contribution in [0.15, 0.2) is 144 Å². The van der Waals surface area contributed by atoms with Gasteiger partial charge in [0.15, 0.2) is 0 Å². The number of nitrogens with zero attached hydrogens (tertiary/aromatic N) is 2. The largest absolute Gasteiger partial charge is 0.455 e. The Hall–Kier alpha value is -6.19. The van der Waals surface area contributed by atoms with E-state index in [1.807, 2.05) is 0 Å². The average molecular weight is 799 g/mol. The zero-order valence-corrected chi connectivity index (χ0v) is 37.5. The lowest BCUT2D eigenvalue weighted by Gasteiger charge is -2.25. The first-order chi connectivity index (χ1) is 29.4. The van der Waals surface area contributed by atoms with Gasteiger partial charge in [0.25, 0.3) is 0 Å². The Morgan fingerprint density at radius 2 is 1.02 bits per heavy atom. The maximum Gasteiger partial charge on any atom is 0.149 e. The molecule has 0 unspecified atom stereocenters. The summed E-state index contributed by atoms with van der Waals surface area (Å²) < 4.78 is 9.29. The lowest BCUT2D eigenvalue weighted by Crippen LogP contribution is -2.09. The van der Waals surface area contributed by atoms with E-state index in [1.165, 1.54) is 61.3 Å². The average Bonchev–Trinajstić information content (AvgIpc) is 3.84. The summed E-state index contributed by atoms with van der Waals surface area (Å²) in [5.74, 6) is 2.73. The minimum Gasteiger partial charge on any atom is -0.455 e. The van der Waals surface area contributed by atoms with Gasteiger partial charge in [0.2, 0.25) is 0 Å². The third-order valence-electron chi connectivity index (χ3n) is 12.7. The Labute approximate surface area is 362 Å². The van der Waals surface area contributed by atoms with Crippen LogP contribution in [0.2, 0.25) is 0 Å². The van der Waals surface area contributed by atoms with Gasteiger partial charge in [-0.25, -0.2) is 4.98 Å². The monoisotopic (exact) mass is 798 g/mol. The van der Waals surface area contributed by atoms with E-state index in [-0.39, 0.29) is 11.8 Å². The van der Waals surface area contributed by atoms with Gasteiger partial charge in [-0.15, -0.1) is 0 Å². The Morgan fingerprint density at radius 3 is 1.64 bits per heavy atom. The molecule has 3 nitrogen and oxygen atoms in total. The van der Waals surface area contributed by atoms with Crippen LogP contribution in [-0.4, -0.2) is 9.55 Å². The summed E-state index contributed by atoms with van der Waals surface area (Å²) in [7, 11) is 0. The van der Waals surface area contributed by atoms with Crippen LogP contribution in [-0.2, 0) is 0 Å². The van der Waals surface area contributed by atoms with Crippen molar-refractivity contribution in [2.45, 2.75) is 98.8 Å². The van der Waals surface area contributed by atoms with Crippen molar-refractivity contribution in [3.8, 4) is 50.5 Å². The fourth-order valence-corrected chi connectivity index (χ4v) is 9.32. The van der Waals surface area contributed by atoms with Gasteiger partial charge in [-0.3, -0.25) is 4.57 Å². The molecule has 9 rings (SSSR count). The smallest absolute Gasteiger partial charge is 0.149 e. The summed E-state index contributed by atoms with van der Waals surface area (Å²) in [5.41, 5.74) is 20.4. The zero-order chi connectivity index (χ0) is 42.7. The summed E-state index contributed by atoms with van der Waals surface area (Å²) in [6.45, 7) is 23.2. The van der Waals surface area contributed by atoms with Gasteiger partial charge in [0.1, 0.15) is 17.0 Å². The Morgan fingerprint density at radius 1 is 0.443 bits per heavy atom. The fourth-order valence-electron chi connectivity index (χ4n) is 9.32. The first-order valence-corrected chi connectivity index (χ1v) is 22.3. The fraction of sp³-hybridized carbons (Fsp3) is 0.259. The van der Waals surface area contributed by atoms with Gasteiger partial charge in [-0.1, -0.05) is 166 Å². The molecule has 0 saturated carbocycles. The minimum atomic E-state index is 0.251. The van der Waals surface area contributed by atoms with Crippen LogP contribution in [0.3, 0.4) is 0 Å². The maximum atomic E-state index is 6.86. The second-order valence-corrected chi connectivity index (χ2v) is 18.5. The van der Waals surface area contributed by atoms with Crippen molar-refractivity contribution in [1.82, 2.24) is 9.55 Å². The standard InChI is InChI=1S/C58H58N2O/c1-34(2)43-29-48(35(3)4)55(49(30-43)36(5)6)41-25-23-40(24-26-41)44-31-50(37(7)8)56(51(32-44)38(9)10)60-53-22-15-14-21-52(53)59-58(60)47-20-16-19-46-45-28-27-42(33-54(45)61-57(46)47)39-17-12-11-13-18-39/h11-38H,1-10H3. The van der Waals surface area contributed by atoms with Crippen LogP contribution < -0.4 is 0 Å². The van der Waals surface area contributed by atoms with Crippen molar-refractivity contribution in [1.29, 1.82) is 0 Å². The molecule has 0 N–H and O–H groups in total. The zero-order valence-electron chi connectivity index (χ0n) is 37.5. The molecule has 0 saturated heterocycles. The molecule has 0 aliphatic carbocycles. The maximum absolute atomic E-state index is 6.86. The number of imidazole rings is 1. The second kappa shape index (κ2) is 16.0. The van der Waals surface area contributed by atoms with Crippen LogP contribution in [0.5, 0.6) is 0 Å². The number of benzene rings is 7. The molecule has 3 heteroatoms. The van der Waals surface area contributed by atoms with E-state index in [2.05, 4.69) is 213 Å². The highest BCUT2D eigenvalue weighted by atomic mass is 16.3. The number of rotatable bonds is 10. The minimum absolute atomic E-state index is 0.251. The van der Waals surface area contributed by atoms with Crippen LogP contribution >= 0.6 is 0 Å². The topological polar surface area (TPSA) is 31.0 Å². The van der Waals surface area contributed by atoms with E-state index < -0.39 is 0 Å². The van der Waals surface area contributed by atoms with Crippen molar-refractivity contribution >= 4 is 33.0 Å². The summed E-state index contributed by atoms with van der Waals surface area (Å²) in [6.07, 6.45) is 0. The van der Waals surface area contributed by atoms with Gasteiger partial charge in [-0.2, -0.15) is 0 Å². The molecule has 0 aliphatic heterocycles. The molecule has 0 bridgehead atoms. The predicted octanol–water partition coefficient (Wildman–Crippen LogP) is 17.2. The Balaban J connectivity index is 1.21. The molecule has 2 heterocycles. The van der Waals surface area contributed by atoms with Crippen LogP contribution in [0, 0.1) is 0 Å². The molecule has 7 aromatic carbocycles. The number of furan rings is 1. The highest BCUT2D eigenvalue weighted by Crippen LogP contribution is 2.44. The SMILES string of the molecule is CC(C)c1cc(C(C)C)c(-c2ccc(-c3cc(C(C)C)c(-n4c(-c5cccc6c5oc5cc(-c7ccccc7)ccc56)nc5ccccc54)c(C(C)C)c3)cc2)c(C(C)C)c1. The lowest BCUT2D eigenvalue weighted by molar-refractivity contribution is 0.669. The summed E-state index contributed by atoms with van der Waals surface area (Å²) >= 11 is 0. The van der Waals surface area contributed by atoms with E-state index in [1.54, 1.807) is 0 Å². The van der Waals surface area contributed by atoms with Crippen molar-refractivity contribution in [3.05, 3.63) is 167 Å². The number of aromatic nitrogens is 2. The molecule has 0 spiro atoms. The van der Waals surface area contributed by atoms with Gasteiger partial charge >= 0.3 is 0 Å². The molecule has 2 aromatic heterocycles. The van der Waals surface area contributed by atoms with Crippen molar-refractivity contribution in [2.75, 3.05) is 0 Å². The lowest BCUT2D eigenvalue weighted by atomic mass is 9.81. The van der Waals surface area contributed by atoms with E-state index in [0.717, 1.165) is 49.9 Å². The summed E-state index contributed by atoms with van der Waals surface area (Å²) in [5, 5.41) is 2.20. The molecule has 0 atom stereocenters. The van der Waals surface area contributed by atoms with E-state index in [9.17, 15) is 0 Å². The second-order valence-electron chi connectivity index (χ2n) is 18.5. The molecule has 0 fully saturated rings. The normalized spacial score (nSPS) is 12.2.